The normalized spacial score (nSPS) is 34.2. The maximum atomic E-state index is 5.83. The van der Waals surface area contributed by atoms with E-state index >= 15 is 0 Å². The van der Waals surface area contributed by atoms with Crippen LogP contribution in [0.5, 0.6) is 0 Å². The molecule has 2 unspecified atom stereocenters. The molecule has 0 radical (unpaired) electrons. The van der Waals surface area contributed by atoms with Gasteiger partial charge >= 0.3 is 0 Å². The summed E-state index contributed by atoms with van der Waals surface area (Å²) in [6.07, 6.45) is 1.42. The molecule has 2 N–H and O–H groups in total. The van der Waals surface area contributed by atoms with Crippen molar-refractivity contribution in [2.24, 2.45) is 5.73 Å². The van der Waals surface area contributed by atoms with Gasteiger partial charge in [-0.05, 0) is 19.1 Å². The Morgan fingerprint density at radius 3 is 3.10 bits per heavy atom. The molecular weight excluding hydrogens is 146 g/mol. The fourth-order valence-corrected chi connectivity index (χ4v) is 2.30. The average Bonchev–Trinajstić information content (AvgIpc) is 1.94. The highest BCUT2D eigenvalue weighted by atomic mass is 32.2. The van der Waals surface area contributed by atoms with E-state index in [1.807, 2.05) is 18.7 Å². The van der Waals surface area contributed by atoms with Gasteiger partial charge in [-0.15, -0.1) is 0 Å². The largest absolute Gasteiger partial charge is 0.376 e. The van der Waals surface area contributed by atoms with Gasteiger partial charge in [0.2, 0.25) is 0 Å². The molecule has 3 heteroatoms. The van der Waals surface area contributed by atoms with Gasteiger partial charge in [0.25, 0.3) is 0 Å². The highest BCUT2D eigenvalue weighted by Gasteiger charge is 2.21. The van der Waals surface area contributed by atoms with E-state index in [1.54, 1.807) is 0 Å². The highest BCUT2D eigenvalue weighted by Crippen LogP contribution is 2.18. The van der Waals surface area contributed by atoms with Gasteiger partial charge < -0.3 is 10.5 Å². The van der Waals surface area contributed by atoms with Crippen molar-refractivity contribution in [1.29, 1.82) is 0 Å². The van der Waals surface area contributed by atoms with E-state index in [4.69, 9.17) is 10.5 Å². The van der Waals surface area contributed by atoms with Crippen molar-refractivity contribution in [1.82, 2.24) is 0 Å². The van der Waals surface area contributed by atoms with Crippen LogP contribution in [0.3, 0.4) is 0 Å². The molecule has 1 fully saturated rings. The first kappa shape index (κ1) is 8.37. The van der Waals surface area contributed by atoms with Crippen LogP contribution in [0, 0.1) is 0 Å². The minimum atomic E-state index is 0.279. The lowest BCUT2D eigenvalue weighted by molar-refractivity contribution is 0.0582. The molecular formula is C7H15NOS. The van der Waals surface area contributed by atoms with Crippen LogP contribution in [-0.2, 0) is 4.74 Å². The van der Waals surface area contributed by atoms with Crippen LogP contribution in [0.25, 0.3) is 0 Å². The number of thioether (sulfide) groups is 1. The molecule has 2 nitrogen and oxygen atoms in total. The maximum Gasteiger partial charge on any atom is 0.0816 e. The molecule has 2 atom stereocenters. The Hall–Kier alpha value is 0.270. The van der Waals surface area contributed by atoms with Gasteiger partial charge in [0.15, 0.2) is 0 Å². The molecule has 0 amide bonds. The molecule has 0 aliphatic carbocycles. The van der Waals surface area contributed by atoms with E-state index in [0.717, 1.165) is 18.8 Å². The van der Waals surface area contributed by atoms with Gasteiger partial charge in [0.05, 0.1) is 6.10 Å². The van der Waals surface area contributed by atoms with E-state index in [2.05, 4.69) is 0 Å². The van der Waals surface area contributed by atoms with Crippen molar-refractivity contribution in [2.75, 3.05) is 18.1 Å². The lowest BCUT2D eigenvalue weighted by Gasteiger charge is -2.27. The second kappa shape index (κ2) is 4.21. The SMILES string of the molecule is CCOC1CSCCC1N. The fourth-order valence-electron chi connectivity index (χ4n) is 1.11. The number of hydrogen-bond acceptors (Lipinski definition) is 3. The van der Waals surface area contributed by atoms with E-state index < -0.39 is 0 Å². The zero-order valence-corrected chi connectivity index (χ0v) is 7.19. The zero-order valence-electron chi connectivity index (χ0n) is 6.38. The van der Waals surface area contributed by atoms with Gasteiger partial charge in [0.1, 0.15) is 0 Å². The first-order chi connectivity index (χ1) is 4.84. The lowest BCUT2D eigenvalue weighted by Crippen LogP contribution is -2.41. The van der Waals surface area contributed by atoms with Gasteiger partial charge in [-0.1, -0.05) is 0 Å². The number of hydrogen-bond donors (Lipinski definition) is 1. The molecule has 0 aromatic carbocycles. The summed E-state index contributed by atoms with van der Waals surface area (Å²) in [5, 5.41) is 0. The van der Waals surface area contributed by atoms with Crippen LogP contribution >= 0.6 is 11.8 Å². The molecule has 60 valence electrons. The number of nitrogens with two attached hydrogens (primary N) is 1. The summed E-state index contributed by atoms with van der Waals surface area (Å²) in [6, 6.07) is 0.279. The molecule has 1 aliphatic rings. The van der Waals surface area contributed by atoms with Gasteiger partial charge in [-0.2, -0.15) is 11.8 Å². The van der Waals surface area contributed by atoms with Crippen molar-refractivity contribution in [3.63, 3.8) is 0 Å². The van der Waals surface area contributed by atoms with E-state index in [1.165, 1.54) is 5.75 Å². The van der Waals surface area contributed by atoms with E-state index in [9.17, 15) is 0 Å². The fraction of sp³-hybridized carbons (Fsp3) is 1.00. The molecule has 1 aliphatic heterocycles. The third-order valence-corrected chi connectivity index (χ3v) is 2.82. The summed E-state index contributed by atoms with van der Waals surface area (Å²) in [5.41, 5.74) is 5.83. The second-order valence-electron chi connectivity index (χ2n) is 2.52. The lowest BCUT2D eigenvalue weighted by atomic mass is 10.1. The van der Waals surface area contributed by atoms with Crippen LogP contribution in [0.1, 0.15) is 13.3 Å². The van der Waals surface area contributed by atoms with Crippen molar-refractivity contribution in [3.8, 4) is 0 Å². The Kier molecular flexibility index (Phi) is 3.52. The molecule has 0 aromatic heterocycles. The molecule has 0 saturated carbocycles. The first-order valence-electron chi connectivity index (χ1n) is 3.79. The predicted molar refractivity (Wildman–Crippen MR) is 45.3 cm³/mol. The maximum absolute atomic E-state index is 5.83. The van der Waals surface area contributed by atoms with Crippen LogP contribution in [0.4, 0.5) is 0 Å². The average molecular weight is 161 g/mol. The van der Waals surface area contributed by atoms with Crippen molar-refractivity contribution < 1.29 is 4.74 Å². The van der Waals surface area contributed by atoms with Gasteiger partial charge in [-0.25, -0.2) is 0 Å². The Balaban J connectivity index is 2.25. The molecule has 1 heterocycles. The summed E-state index contributed by atoms with van der Waals surface area (Å²) in [4.78, 5) is 0. The third kappa shape index (κ3) is 2.15. The minimum Gasteiger partial charge on any atom is -0.376 e. The molecule has 1 saturated heterocycles. The van der Waals surface area contributed by atoms with Crippen LogP contribution in [-0.4, -0.2) is 30.3 Å². The van der Waals surface area contributed by atoms with Crippen molar-refractivity contribution >= 4 is 11.8 Å². The highest BCUT2D eigenvalue weighted by molar-refractivity contribution is 7.99. The summed E-state index contributed by atoms with van der Waals surface area (Å²) in [5.74, 6) is 2.28. The molecule has 1 rings (SSSR count). The Bertz CT molecular complexity index is 97.6. The Morgan fingerprint density at radius 1 is 1.70 bits per heavy atom. The van der Waals surface area contributed by atoms with Crippen molar-refractivity contribution in [2.45, 2.75) is 25.5 Å². The van der Waals surface area contributed by atoms with Crippen LogP contribution < -0.4 is 5.73 Å². The topological polar surface area (TPSA) is 35.2 Å². The molecule has 0 spiro atoms. The monoisotopic (exact) mass is 161 g/mol. The third-order valence-electron chi connectivity index (χ3n) is 1.74. The standard InChI is InChI=1S/C7H15NOS/c1-2-9-7-5-10-4-3-6(7)8/h6-7H,2-5,8H2,1H3. The Morgan fingerprint density at radius 2 is 2.50 bits per heavy atom. The summed E-state index contributed by atoms with van der Waals surface area (Å²) in [7, 11) is 0. The van der Waals surface area contributed by atoms with Crippen LogP contribution in [0.2, 0.25) is 0 Å². The van der Waals surface area contributed by atoms with Crippen LogP contribution in [0.15, 0.2) is 0 Å². The molecule has 0 aromatic rings. The second-order valence-corrected chi connectivity index (χ2v) is 3.67. The smallest absolute Gasteiger partial charge is 0.0816 e. The number of ether oxygens (including phenoxy) is 1. The predicted octanol–water partition coefficient (Wildman–Crippen LogP) is 0.856. The molecule has 10 heavy (non-hydrogen) atoms. The minimum absolute atomic E-state index is 0.279. The van der Waals surface area contributed by atoms with E-state index in [-0.39, 0.29) is 6.04 Å². The summed E-state index contributed by atoms with van der Waals surface area (Å²) >= 11 is 1.94. The first-order valence-corrected chi connectivity index (χ1v) is 4.95. The quantitative estimate of drug-likeness (QED) is 0.652. The van der Waals surface area contributed by atoms with Gasteiger partial charge in [0, 0.05) is 18.4 Å². The van der Waals surface area contributed by atoms with Gasteiger partial charge in [-0.3, -0.25) is 0 Å². The summed E-state index contributed by atoms with van der Waals surface area (Å²) in [6.45, 7) is 2.81. The number of rotatable bonds is 2. The molecule has 0 bridgehead atoms. The summed E-state index contributed by atoms with van der Waals surface area (Å²) < 4.78 is 5.45. The van der Waals surface area contributed by atoms with Crippen molar-refractivity contribution in [3.05, 3.63) is 0 Å². The Labute approximate surface area is 66.5 Å². The zero-order chi connectivity index (χ0) is 7.40. The van der Waals surface area contributed by atoms with E-state index in [0.29, 0.717) is 6.10 Å².